The highest BCUT2D eigenvalue weighted by atomic mass is 79.9. The van der Waals surface area contributed by atoms with Crippen molar-refractivity contribution in [1.29, 1.82) is 0 Å². The largest absolute Gasteiger partial charge is 0.419 e. The van der Waals surface area contributed by atoms with Gasteiger partial charge in [-0.3, -0.25) is 4.90 Å². The van der Waals surface area contributed by atoms with E-state index in [9.17, 15) is 5.11 Å². The number of halogens is 1. The monoisotopic (exact) mass is 357 g/mol. The van der Waals surface area contributed by atoms with Crippen LogP contribution < -0.4 is 0 Å². The molecule has 2 aromatic rings. The zero-order valence-corrected chi connectivity index (χ0v) is 13.5. The summed E-state index contributed by atoms with van der Waals surface area (Å²) in [6.45, 7) is 4.37. The van der Waals surface area contributed by atoms with Crippen molar-refractivity contribution < 1.29 is 9.52 Å². The van der Waals surface area contributed by atoms with Gasteiger partial charge in [0.25, 0.3) is 5.89 Å². The average Bonchev–Trinajstić information content (AvgIpc) is 3.09. The number of aliphatic hydroxyl groups excluding tert-OH is 1. The third-order valence-electron chi connectivity index (χ3n) is 3.60. The summed E-state index contributed by atoms with van der Waals surface area (Å²) in [5.41, 5.74) is 0. The van der Waals surface area contributed by atoms with E-state index in [2.05, 4.69) is 31.0 Å². The minimum Gasteiger partial charge on any atom is -0.419 e. The number of nitrogens with zero attached hydrogens (tertiary/aromatic N) is 3. The molecule has 0 aromatic carbocycles. The highest BCUT2D eigenvalue weighted by molar-refractivity contribution is 9.11. The fourth-order valence-electron chi connectivity index (χ4n) is 2.44. The SMILES string of the molecule is CC(O)C1CCN(Cc2nnc(-c3ccc(Br)s3)o2)C1. The van der Waals surface area contributed by atoms with Gasteiger partial charge in [0, 0.05) is 6.54 Å². The fraction of sp³-hybridized carbons (Fsp3) is 0.538. The number of thiophene rings is 1. The maximum atomic E-state index is 9.61. The molecule has 1 aliphatic rings. The van der Waals surface area contributed by atoms with Crippen molar-refractivity contribution >= 4 is 27.3 Å². The van der Waals surface area contributed by atoms with E-state index >= 15 is 0 Å². The Labute approximate surface area is 129 Å². The van der Waals surface area contributed by atoms with Crippen LogP contribution in [0, 0.1) is 5.92 Å². The van der Waals surface area contributed by atoms with E-state index in [1.807, 2.05) is 19.1 Å². The van der Waals surface area contributed by atoms with Crippen LogP contribution in [0.1, 0.15) is 19.2 Å². The van der Waals surface area contributed by atoms with Gasteiger partial charge >= 0.3 is 0 Å². The Balaban J connectivity index is 1.63. The summed E-state index contributed by atoms with van der Waals surface area (Å²) in [6.07, 6.45) is 0.776. The molecule has 2 aromatic heterocycles. The number of aromatic nitrogens is 2. The second kappa shape index (κ2) is 5.93. The highest BCUT2D eigenvalue weighted by Gasteiger charge is 2.27. The molecule has 0 saturated carbocycles. The van der Waals surface area contributed by atoms with Crippen molar-refractivity contribution in [2.75, 3.05) is 13.1 Å². The predicted octanol–water partition coefficient (Wildman–Crippen LogP) is 2.76. The highest BCUT2D eigenvalue weighted by Crippen LogP contribution is 2.30. The summed E-state index contributed by atoms with van der Waals surface area (Å²) in [4.78, 5) is 3.22. The Morgan fingerprint density at radius 1 is 1.55 bits per heavy atom. The molecular weight excluding hydrogens is 342 g/mol. The zero-order chi connectivity index (χ0) is 14.1. The van der Waals surface area contributed by atoms with Gasteiger partial charge in [-0.15, -0.1) is 21.5 Å². The molecule has 1 fully saturated rings. The van der Waals surface area contributed by atoms with Gasteiger partial charge in [0.15, 0.2) is 0 Å². The zero-order valence-electron chi connectivity index (χ0n) is 11.1. The van der Waals surface area contributed by atoms with Gasteiger partial charge in [-0.25, -0.2) is 0 Å². The lowest BCUT2D eigenvalue weighted by molar-refractivity contribution is 0.126. The first kappa shape index (κ1) is 14.2. The van der Waals surface area contributed by atoms with Gasteiger partial charge in [-0.2, -0.15) is 0 Å². The molecule has 3 heterocycles. The van der Waals surface area contributed by atoms with Crippen molar-refractivity contribution in [3.8, 4) is 10.8 Å². The van der Waals surface area contributed by atoms with Crippen LogP contribution in [0.25, 0.3) is 10.8 Å². The van der Waals surface area contributed by atoms with E-state index < -0.39 is 0 Å². The van der Waals surface area contributed by atoms with Crippen LogP contribution in [0.5, 0.6) is 0 Å². The summed E-state index contributed by atoms with van der Waals surface area (Å²) in [6, 6.07) is 3.93. The van der Waals surface area contributed by atoms with Gasteiger partial charge in [0.1, 0.15) is 0 Å². The van der Waals surface area contributed by atoms with Gasteiger partial charge in [0.2, 0.25) is 5.89 Å². The Kier molecular flexibility index (Phi) is 4.21. The van der Waals surface area contributed by atoms with Crippen molar-refractivity contribution in [1.82, 2.24) is 15.1 Å². The molecule has 0 amide bonds. The topological polar surface area (TPSA) is 62.4 Å². The number of likely N-dealkylation sites (tertiary alicyclic amines) is 1. The van der Waals surface area contributed by atoms with Gasteiger partial charge < -0.3 is 9.52 Å². The molecule has 7 heteroatoms. The molecule has 1 N–H and O–H groups in total. The predicted molar refractivity (Wildman–Crippen MR) is 80.4 cm³/mol. The second-order valence-corrected chi connectivity index (χ2v) is 7.59. The Bertz CT molecular complexity index is 584. The number of hydrogen-bond donors (Lipinski definition) is 1. The molecule has 2 unspecified atom stereocenters. The van der Waals surface area contributed by atoms with Crippen LogP contribution in [-0.2, 0) is 6.54 Å². The molecule has 0 spiro atoms. The number of hydrogen-bond acceptors (Lipinski definition) is 6. The van der Waals surface area contributed by atoms with Crippen LogP contribution in [0.2, 0.25) is 0 Å². The summed E-state index contributed by atoms with van der Waals surface area (Å²) >= 11 is 5.00. The third-order valence-corrected chi connectivity index (χ3v) is 5.21. The molecule has 0 aliphatic carbocycles. The van der Waals surface area contributed by atoms with Gasteiger partial charge in [-0.05, 0) is 53.9 Å². The lowest BCUT2D eigenvalue weighted by Gasteiger charge is -2.15. The standard InChI is InChI=1S/C13H16BrN3O2S/c1-8(18)9-4-5-17(6-9)7-12-15-16-13(19-12)10-2-3-11(14)20-10/h2-3,8-9,18H,4-7H2,1H3. The lowest BCUT2D eigenvalue weighted by atomic mass is 10.0. The van der Waals surface area contributed by atoms with E-state index in [0.29, 0.717) is 24.2 Å². The lowest BCUT2D eigenvalue weighted by Crippen LogP contribution is -2.24. The summed E-state index contributed by atoms with van der Waals surface area (Å²) in [7, 11) is 0. The fourth-order valence-corrected chi connectivity index (χ4v) is 3.74. The molecule has 2 atom stereocenters. The normalized spacial score (nSPS) is 21.4. The molecule has 108 valence electrons. The van der Waals surface area contributed by atoms with Crippen LogP contribution in [0.3, 0.4) is 0 Å². The average molecular weight is 358 g/mol. The molecule has 1 aliphatic heterocycles. The Hall–Kier alpha value is -0.760. The maximum absolute atomic E-state index is 9.61. The van der Waals surface area contributed by atoms with Crippen LogP contribution >= 0.6 is 27.3 Å². The minimum absolute atomic E-state index is 0.248. The molecule has 3 rings (SSSR count). The molecule has 1 saturated heterocycles. The quantitative estimate of drug-likeness (QED) is 0.911. The van der Waals surface area contributed by atoms with Gasteiger partial charge in [-0.1, -0.05) is 0 Å². The molecular formula is C13H16BrN3O2S. The van der Waals surface area contributed by atoms with Crippen LogP contribution in [0.15, 0.2) is 20.3 Å². The number of rotatable bonds is 4. The van der Waals surface area contributed by atoms with E-state index in [1.165, 1.54) is 0 Å². The van der Waals surface area contributed by atoms with E-state index in [-0.39, 0.29) is 6.10 Å². The first-order valence-corrected chi connectivity index (χ1v) is 8.21. The second-order valence-electron chi connectivity index (χ2n) is 5.13. The minimum atomic E-state index is -0.248. The van der Waals surface area contributed by atoms with Crippen molar-refractivity contribution in [2.45, 2.75) is 26.0 Å². The summed E-state index contributed by atoms with van der Waals surface area (Å²) in [5, 5.41) is 17.8. The van der Waals surface area contributed by atoms with Crippen molar-refractivity contribution in [2.24, 2.45) is 5.92 Å². The molecule has 5 nitrogen and oxygen atoms in total. The summed E-state index contributed by atoms with van der Waals surface area (Å²) < 4.78 is 6.75. The first-order chi connectivity index (χ1) is 9.61. The molecule has 0 radical (unpaired) electrons. The van der Waals surface area contributed by atoms with E-state index in [0.717, 1.165) is 28.2 Å². The van der Waals surface area contributed by atoms with E-state index in [4.69, 9.17) is 4.42 Å². The molecule has 20 heavy (non-hydrogen) atoms. The Morgan fingerprint density at radius 2 is 2.40 bits per heavy atom. The Morgan fingerprint density at radius 3 is 3.05 bits per heavy atom. The van der Waals surface area contributed by atoms with Crippen LogP contribution in [0.4, 0.5) is 0 Å². The maximum Gasteiger partial charge on any atom is 0.257 e. The van der Waals surface area contributed by atoms with E-state index in [1.54, 1.807) is 11.3 Å². The van der Waals surface area contributed by atoms with Gasteiger partial charge in [0.05, 0.1) is 21.3 Å². The van der Waals surface area contributed by atoms with Crippen molar-refractivity contribution in [3.63, 3.8) is 0 Å². The first-order valence-electron chi connectivity index (χ1n) is 6.60. The van der Waals surface area contributed by atoms with Crippen molar-refractivity contribution in [3.05, 3.63) is 21.8 Å². The number of aliphatic hydroxyl groups is 1. The smallest absolute Gasteiger partial charge is 0.257 e. The summed E-state index contributed by atoms with van der Waals surface area (Å²) in [5.74, 6) is 1.56. The molecule has 0 bridgehead atoms. The van der Waals surface area contributed by atoms with Crippen LogP contribution in [-0.4, -0.2) is 39.4 Å². The third kappa shape index (κ3) is 3.11.